The Bertz CT molecular complexity index is 387. The minimum atomic E-state index is -0.124. The van der Waals surface area contributed by atoms with Gasteiger partial charge in [-0.25, -0.2) is 4.98 Å². The number of rotatable bonds is 5. The van der Waals surface area contributed by atoms with E-state index < -0.39 is 0 Å². The summed E-state index contributed by atoms with van der Waals surface area (Å²) in [6.07, 6.45) is 4.97. The molecule has 2 heterocycles. The molecule has 0 radical (unpaired) electrons. The topological polar surface area (TPSA) is 71.2 Å². The van der Waals surface area contributed by atoms with Gasteiger partial charge in [-0.2, -0.15) is 0 Å². The van der Waals surface area contributed by atoms with Crippen LogP contribution in [0.25, 0.3) is 0 Å². The molecule has 100 valence electrons. The Hall–Kier alpha value is -1.14. The Labute approximate surface area is 111 Å². The summed E-state index contributed by atoms with van der Waals surface area (Å²) in [5, 5.41) is 5.00. The van der Waals surface area contributed by atoms with Crippen molar-refractivity contribution in [1.29, 1.82) is 0 Å². The van der Waals surface area contributed by atoms with Crippen molar-refractivity contribution >= 4 is 22.4 Å². The van der Waals surface area contributed by atoms with E-state index in [1.807, 2.05) is 0 Å². The van der Waals surface area contributed by atoms with Crippen LogP contribution in [0, 0.1) is 0 Å². The highest BCUT2D eigenvalue weighted by atomic mass is 32.1. The van der Waals surface area contributed by atoms with Crippen LogP contribution in [0.1, 0.15) is 36.2 Å². The van der Waals surface area contributed by atoms with Crippen LogP contribution in [-0.2, 0) is 0 Å². The summed E-state index contributed by atoms with van der Waals surface area (Å²) >= 11 is 1.29. The number of thiazole rings is 1. The lowest BCUT2D eigenvalue weighted by Gasteiger charge is -2.26. The maximum Gasteiger partial charge on any atom is 0.270 e. The highest BCUT2D eigenvalue weighted by molar-refractivity contribution is 7.13. The first-order chi connectivity index (χ1) is 8.75. The Morgan fingerprint density at radius 2 is 2.22 bits per heavy atom. The third-order valence-electron chi connectivity index (χ3n) is 3.14. The minimum absolute atomic E-state index is 0.124. The van der Waals surface area contributed by atoms with Crippen LogP contribution in [0.15, 0.2) is 5.38 Å². The molecule has 0 bridgehead atoms. The fourth-order valence-electron chi connectivity index (χ4n) is 2.17. The van der Waals surface area contributed by atoms with Gasteiger partial charge >= 0.3 is 0 Å². The number of hydrogen-bond donors (Lipinski definition) is 2. The summed E-state index contributed by atoms with van der Waals surface area (Å²) < 4.78 is 0. The maximum absolute atomic E-state index is 11.7. The van der Waals surface area contributed by atoms with Crippen molar-refractivity contribution < 1.29 is 4.79 Å². The van der Waals surface area contributed by atoms with Gasteiger partial charge in [-0.05, 0) is 38.9 Å². The Balaban J connectivity index is 1.61. The average Bonchev–Trinajstić information content (AvgIpc) is 2.82. The van der Waals surface area contributed by atoms with Gasteiger partial charge in [0, 0.05) is 11.9 Å². The summed E-state index contributed by atoms with van der Waals surface area (Å²) in [7, 11) is 0. The number of nitrogens with two attached hydrogens (primary N) is 1. The summed E-state index contributed by atoms with van der Waals surface area (Å²) in [6, 6.07) is 0. The number of amides is 1. The Morgan fingerprint density at radius 3 is 2.89 bits per heavy atom. The summed E-state index contributed by atoms with van der Waals surface area (Å²) in [5.74, 6) is -0.124. The van der Waals surface area contributed by atoms with Crippen LogP contribution >= 0.6 is 11.3 Å². The van der Waals surface area contributed by atoms with Crippen molar-refractivity contribution in [3.8, 4) is 0 Å². The smallest absolute Gasteiger partial charge is 0.270 e. The Kier molecular flexibility index (Phi) is 4.95. The van der Waals surface area contributed by atoms with E-state index in [9.17, 15) is 4.79 Å². The van der Waals surface area contributed by atoms with E-state index in [1.54, 1.807) is 5.38 Å². The zero-order valence-corrected chi connectivity index (χ0v) is 11.3. The third kappa shape index (κ3) is 3.96. The second-order valence-electron chi connectivity index (χ2n) is 4.58. The molecule has 1 aromatic heterocycles. The van der Waals surface area contributed by atoms with E-state index >= 15 is 0 Å². The van der Waals surface area contributed by atoms with Gasteiger partial charge in [0.05, 0.1) is 0 Å². The van der Waals surface area contributed by atoms with Crippen molar-refractivity contribution in [1.82, 2.24) is 15.2 Å². The number of piperidine rings is 1. The molecule has 1 aromatic rings. The van der Waals surface area contributed by atoms with E-state index in [2.05, 4.69) is 15.2 Å². The second-order valence-corrected chi connectivity index (χ2v) is 5.47. The van der Waals surface area contributed by atoms with Gasteiger partial charge in [-0.15, -0.1) is 11.3 Å². The number of nitrogen functional groups attached to an aromatic ring is 1. The van der Waals surface area contributed by atoms with Crippen molar-refractivity contribution in [3.63, 3.8) is 0 Å². The van der Waals surface area contributed by atoms with Crippen molar-refractivity contribution in [2.75, 3.05) is 31.9 Å². The van der Waals surface area contributed by atoms with Crippen LogP contribution in [-0.4, -0.2) is 42.0 Å². The predicted molar refractivity (Wildman–Crippen MR) is 73.8 cm³/mol. The zero-order valence-electron chi connectivity index (χ0n) is 10.5. The lowest BCUT2D eigenvalue weighted by atomic mass is 10.1. The SMILES string of the molecule is Nc1nc(C(=O)NCCCN2CCCCC2)cs1. The molecule has 3 N–H and O–H groups in total. The number of likely N-dealkylation sites (tertiary alicyclic amines) is 1. The molecule has 0 aliphatic carbocycles. The molecule has 1 aliphatic heterocycles. The third-order valence-corrected chi connectivity index (χ3v) is 3.81. The molecular weight excluding hydrogens is 248 g/mol. The van der Waals surface area contributed by atoms with Crippen LogP contribution in [0.5, 0.6) is 0 Å². The van der Waals surface area contributed by atoms with Gasteiger partial charge in [0.1, 0.15) is 5.69 Å². The van der Waals surface area contributed by atoms with Crippen molar-refractivity contribution in [2.45, 2.75) is 25.7 Å². The minimum Gasteiger partial charge on any atom is -0.375 e. The summed E-state index contributed by atoms with van der Waals surface area (Å²) in [6.45, 7) is 4.18. The monoisotopic (exact) mass is 268 g/mol. The first kappa shape index (κ1) is 13.3. The van der Waals surface area contributed by atoms with Crippen molar-refractivity contribution in [2.24, 2.45) is 0 Å². The van der Waals surface area contributed by atoms with Gasteiger partial charge in [0.25, 0.3) is 5.91 Å². The van der Waals surface area contributed by atoms with Gasteiger partial charge in [0.2, 0.25) is 0 Å². The number of carbonyl (C=O) groups excluding carboxylic acids is 1. The maximum atomic E-state index is 11.7. The van der Waals surface area contributed by atoms with Gasteiger partial charge in [-0.1, -0.05) is 6.42 Å². The summed E-state index contributed by atoms with van der Waals surface area (Å²) in [4.78, 5) is 18.1. The molecule has 6 heteroatoms. The largest absolute Gasteiger partial charge is 0.375 e. The van der Waals surface area contributed by atoms with Crippen LogP contribution in [0.4, 0.5) is 5.13 Å². The average molecular weight is 268 g/mol. The zero-order chi connectivity index (χ0) is 12.8. The van der Waals surface area contributed by atoms with E-state index in [0.717, 1.165) is 13.0 Å². The van der Waals surface area contributed by atoms with E-state index in [1.165, 1.54) is 43.7 Å². The molecule has 1 saturated heterocycles. The number of anilines is 1. The number of aromatic nitrogens is 1. The molecule has 1 aliphatic rings. The highest BCUT2D eigenvalue weighted by Crippen LogP contribution is 2.11. The standard InChI is InChI=1S/C12H20N4OS/c13-12-15-10(9-18-12)11(17)14-5-4-8-16-6-2-1-3-7-16/h9H,1-8H2,(H2,13,15)(H,14,17). The van der Waals surface area contributed by atoms with E-state index in [-0.39, 0.29) is 5.91 Å². The van der Waals surface area contributed by atoms with Gasteiger partial charge in [-0.3, -0.25) is 4.79 Å². The molecule has 2 rings (SSSR count). The van der Waals surface area contributed by atoms with E-state index in [4.69, 9.17) is 5.73 Å². The first-order valence-electron chi connectivity index (χ1n) is 6.47. The number of hydrogen-bond acceptors (Lipinski definition) is 5. The molecule has 18 heavy (non-hydrogen) atoms. The highest BCUT2D eigenvalue weighted by Gasteiger charge is 2.11. The molecule has 0 unspecified atom stereocenters. The molecule has 5 nitrogen and oxygen atoms in total. The summed E-state index contributed by atoms with van der Waals surface area (Å²) in [5.41, 5.74) is 5.92. The fourth-order valence-corrected chi connectivity index (χ4v) is 2.71. The second kappa shape index (κ2) is 6.70. The normalized spacial score (nSPS) is 16.7. The molecule has 1 amide bonds. The molecule has 0 aromatic carbocycles. The molecule has 0 atom stereocenters. The van der Waals surface area contributed by atoms with Gasteiger partial charge < -0.3 is 16.0 Å². The van der Waals surface area contributed by atoms with Gasteiger partial charge in [0.15, 0.2) is 5.13 Å². The lowest BCUT2D eigenvalue weighted by molar-refractivity contribution is 0.0947. The number of nitrogens with one attached hydrogen (secondary N) is 1. The van der Waals surface area contributed by atoms with Crippen LogP contribution < -0.4 is 11.1 Å². The Morgan fingerprint density at radius 1 is 1.44 bits per heavy atom. The quantitative estimate of drug-likeness (QED) is 0.790. The number of carbonyl (C=O) groups is 1. The van der Waals surface area contributed by atoms with Crippen molar-refractivity contribution in [3.05, 3.63) is 11.1 Å². The lowest BCUT2D eigenvalue weighted by Crippen LogP contribution is -2.33. The number of nitrogens with zero attached hydrogens (tertiary/aromatic N) is 2. The van der Waals surface area contributed by atoms with Crippen LogP contribution in [0.3, 0.4) is 0 Å². The molecule has 1 fully saturated rings. The molecule has 0 spiro atoms. The first-order valence-corrected chi connectivity index (χ1v) is 7.35. The molecule has 0 saturated carbocycles. The molecular formula is C12H20N4OS. The fraction of sp³-hybridized carbons (Fsp3) is 0.667. The van der Waals surface area contributed by atoms with Crippen LogP contribution in [0.2, 0.25) is 0 Å². The predicted octanol–water partition coefficient (Wildman–Crippen LogP) is 1.33. The van der Waals surface area contributed by atoms with E-state index in [0.29, 0.717) is 17.4 Å².